The Bertz CT molecular complexity index is 595. The summed E-state index contributed by atoms with van der Waals surface area (Å²) in [5.41, 5.74) is 0.198. The van der Waals surface area contributed by atoms with Crippen molar-refractivity contribution in [2.24, 2.45) is 0 Å². The molecule has 0 aliphatic rings. The zero-order valence-corrected chi connectivity index (χ0v) is 15.3. The van der Waals surface area contributed by atoms with Gasteiger partial charge in [-0.15, -0.1) is 0 Å². The molecule has 25 heavy (non-hydrogen) atoms. The van der Waals surface area contributed by atoms with E-state index in [1.54, 1.807) is 20.8 Å². The molecule has 0 unspecified atom stereocenters. The van der Waals surface area contributed by atoms with E-state index >= 15 is 0 Å². The van der Waals surface area contributed by atoms with Gasteiger partial charge in [-0.05, 0) is 40.2 Å². The van der Waals surface area contributed by atoms with Gasteiger partial charge < -0.3 is 20.1 Å². The lowest BCUT2D eigenvalue weighted by molar-refractivity contribution is -0.148. The van der Waals surface area contributed by atoms with E-state index in [0.717, 1.165) is 5.56 Å². The predicted molar refractivity (Wildman–Crippen MR) is 92.7 cm³/mol. The summed E-state index contributed by atoms with van der Waals surface area (Å²) >= 11 is 0. The predicted octanol–water partition coefficient (Wildman–Crippen LogP) is 2.15. The second-order valence-electron chi connectivity index (χ2n) is 6.69. The van der Waals surface area contributed by atoms with Crippen molar-refractivity contribution in [3.05, 3.63) is 35.9 Å². The Morgan fingerprint density at radius 1 is 1.00 bits per heavy atom. The van der Waals surface area contributed by atoms with Crippen LogP contribution in [0, 0.1) is 0 Å². The highest BCUT2D eigenvalue weighted by Crippen LogP contribution is 2.07. The van der Waals surface area contributed by atoms with Crippen molar-refractivity contribution < 1.29 is 23.9 Å². The van der Waals surface area contributed by atoms with Crippen LogP contribution in [0.2, 0.25) is 0 Å². The second kappa shape index (κ2) is 9.05. The van der Waals surface area contributed by atoms with Crippen LogP contribution in [0.15, 0.2) is 30.3 Å². The number of carbonyl (C=O) groups is 3. The van der Waals surface area contributed by atoms with Crippen molar-refractivity contribution >= 4 is 18.0 Å². The molecular formula is C18H26N2O5. The van der Waals surface area contributed by atoms with E-state index in [9.17, 15) is 14.4 Å². The minimum Gasteiger partial charge on any atom is -0.459 e. The molecule has 0 spiro atoms. The van der Waals surface area contributed by atoms with Gasteiger partial charge in [-0.1, -0.05) is 30.3 Å². The van der Waals surface area contributed by atoms with Crippen molar-refractivity contribution in [3.8, 4) is 0 Å². The van der Waals surface area contributed by atoms with Crippen LogP contribution in [0.3, 0.4) is 0 Å². The zero-order valence-electron chi connectivity index (χ0n) is 15.3. The Morgan fingerprint density at radius 3 is 2.16 bits per heavy atom. The fourth-order valence-corrected chi connectivity index (χ4v) is 1.80. The third-order valence-corrected chi connectivity index (χ3v) is 3.06. The Morgan fingerprint density at radius 2 is 1.60 bits per heavy atom. The first-order valence-corrected chi connectivity index (χ1v) is 8.09. The topological polar surface area (TPSA) is 93.7 Å². The van der Waals surface area contributed by atoms with E-state index in [-0.39, 0.29) is 6.61 Å². The van der Waals surface area contributed by atoms with Crippen molar-refractivity contribution in [1.29, 1.82) is 0 Å². The lowest BCUT2D eigenvalue weighted by Crippen LogP contribution is -2.50. The van der Waals surface area contributed by atoms with E-state index in [2.05, 4.69) is 10.6 Å². The fraction of sp³-hybridized carbons (Fsp3) is 0.500. The molecule has 7 nitrogen and oxygen atoms in total. The average molecular weight is 350 g/mol. The summed E-state index contributed by atoms with van der Waals surface area (Å²) in [7, 11) is 0. The van der Waals surface area contributed by atoms with Gasteiger partial charge in [0.15, 0.2) is 0 Å². The van der Waals surface area contributed by atoms with E-state index in [1.165, 1.54) is 13.8 Å². The molecule has 1 aromatic rings. The van der Waals surface area contributed by atoms with Crippen LogP contribution in [0.25, 0.3) is 0 Å². The summed E-state index contributed by atoms with van der Waals surface area (Å²) in [5.74, 6) is -1.06. The molecule has 1 aromatic carbocycles. The van der Waals surface area contributed by atoms with Gasteiger partial charge >= 0.3 is 12.1 Å². The standard InChI is InChI=1S/C18H26N2O5/c1-12(20-17(23)25-18(3,4)5)15(21)19-13(2)16(22)24-11-14-9-7-6-8-10-14/h6-10,12-13H,11H2,1-5H3,(H,19,21)(H,20,23)/t12-,13-/m1/s1. The van der Waals surface area contributed by atoms with Crippen molar-refractivity contribution in [2.45, 2.75) is 58.9 Å². The normalized spacial score (nSPS) is 13.3. The average Bonchev–Trinajstić information content (AvgIpc) is 2.51. The molecule has 138 valence electrons. The minimum atomic E-state index is -0.848. The van der Waals surface area contributed by atoms with Crippen LogP contribution >= 0.6 is 0 Å². The van der Waals surface area contributed by atoms with Crippen LogP contribution in [-0.4, -0.2) is 35.7 Å². The first-order valence-electron chi connectivity index (χ1n) is 8.09. The van der Waals surface area contributed by atoms with Gasteiger partial charge in [0.05, 0.1) is 0 Å². The van der Waals surface area contributed by atoms with Gasteiger partial charge in [0.25, 0.3) is 0 Å². The number of rotatable bonds is 6. The van der Waals surface area contributed by atoms with Gasteiger partial charge in [-0.2, -0.15) is 0 Å². The minimum absolute atomic E-state index is 0.131. The Kier molecular flexibility index (Phi) is 7.42. The molecule has 0 aromatic heterocycles. The quantitative estimate of drug-likeness (QED) is 0.767. The summed E-state index contributed by atoms with van der Waals surface area (Å²) in [6.07, 6.45) is -0.700. The number of hydrogen-bond donors (Lipinski definition) is 2. The summed E-state index contributed by atoms with van der Waals surface area (Å²) < 4.78 is 10.2. The maximum absolute atomic E-state index is 12.0. The van der Waals surface area contributed by atoms with Crippen LogP contribution < -0.4 is 10.6 Å². The maximum atomic E-state index is 12.0. The summed E-state index contributed by atoms with van der Waals surface area (Å²) in [6.45, 7) is 8.32. The lowest BCUT2D eigenvalue weighted by atomic mass is 10.2. The lowest BCUT2D eigenvalue weighted by Gasteiger charge is -2.22. The van der Waals surface area contributed by atoms with Crippen LogP contribution in [0.1, 0.15) is 40.2 Å². The fourth-order valence-electron chi connectivity index (χ4n) is 1.80. The molecule has 2 N–H and O–H groups in total. The number of benzene rings is 1. The number of amides is 2. The van der Waals surface area contributed by atoms with Gasteiger partial charge in [-0.3, -0.25) is 4.79 Å². The second-order valence-corrected chi connectivity index (χ2v) is 6.69. The highest BCUT2D eigenvalue weighted by molar-refractivity contribution is 5.89. The smallest absolute Gasteiger partial charge is 0.408 e. The molecule has 0 saturated carbocycles. The Balaban J connectivity index is 2.41. The SMILES string of the molecule is C[C@@H](NC(=O)OC(C)(C)C)C(=O)N[C@H](C)C(=O)OCc1ccccc1. The van der Waals surface area contributed by atoms with Crippen LogP contribution in [-0.2, 0) is 25.7 Å². The third kappa shape index (κ3) is 8.19. The van der Waals surface area contributed by atoms with E-state index in [4.69, 9.17) is 9.47 Å². The highest BCUT2D eigenvalue weighted by atomic mass is 16.6. The van der Waals surface area contributed by atoms with Crippen molar-refractivity contribution in [1.82, 2.24) is 10.6 Å². The molecule has 0 fully saturated rings. The monoisotopic (exact) mass is 350 g/mol. The highest BCUT2D eigenvalue weighted by Gasteiger charge is 2.24. The number of nitrogens with one attached hydrogen (secondary N) is 2. The number of esters is 1. The molecule has 0 heterocycles. The number of alkyl carbamates (subject to hydrolysis) is 1. The van der Waals surface area contributed by atoms with Crippen LogP contribution in [0.5, 0.6) is 0 Å². The van der Waals surface area contributed by atoms with Gasteiger partial charge in [0.1, 0.15) is 24.3 Å². The molecule has 0 radical (unpaired) electrons. The Labute approximate surface area is 148 Å². The van der Waals surface area contributed by atoms with Gasteiger partial charge in [0.2, 0.25) is 5.91 Å². The first kappa shape index (κ1) is 20.5. The molecule has 7 heteroatoms. The number of hydrogen-bond acceptors (Lipinski definition) is 5. The first-order chi connectivity index (χ1) is 11.6. The van der Waals surface area contributed by atoms with Crippen molar-refractivity contribution in [2.75, 3.05) is 0 Å². The van der Waals surface area contributed by atoms with E-state index in [0.29, 0.717) is 0 Å². The molecule has 1 rings (SSSR count). The molecule has 0 aliphatic heterocycles. The van der Waals surface area contributed by atoms with Crippen molar-refractivity contribution in [3.63, 3.8) is 0 Å². The zero-order chi connectivity index (χ0) is 19.0. The Hall–Kier alpha value is -2.57. The summed E-state index contributed by atoms with van der Waals surface area (Å²) in [5, 5.41) is 4.91. The van der Waals surface area contributed by atoms with Crippen LogP contribution in [0.4, 0.5) is 4.79 Å². The van der Waals surface area contributed by atoms with E-state index < -0.39 is 35.7 Å². The molecule has 0 bridgehead atoms. The maximum Gasteiger partial charge on any atom is 0.408 e. The molecule has 0 aliphatic carbocycles. The summed E-state index contributed by atoms with van der Waals surface area (Å²) in [6, 6.07) is 7.55. The van der Waals surface area contributed by atoms with E-state index in [1.807, 2.05) is 30.3 Å². The molecule has 2 amide bonds. The number of ether oxygens (including phenoxy) is 2. The molecular weight excluding hydrogens is 324 g/mol. The third-order valence-electron chi connectivity index (χ3n) is 3.06. The molecule has 0 saturated heterocycles. The molecule has 2 atom stereocenters. The van der Waals surface area contributed by atoms with Gasteiger partial charge in [-0.25, -0.2) is 9.59 Å². The van der Waals surface area contributed by atoms with Gasteiger partial charge in [0, 0.05) is 0 Å². The summed E-state index contributed by atoms with van der Waals surface area (Å²) in [4.78, 5) is 35.6. The largest absolute Gasteiger partial charge is 0.459 e. The number of carbonyl (C=O) groups excluding carboxylic acids is 3.